The molecule has 0 bridgehead atoms. The van der Waals surface area contributed by atoms with E-state index in [0.717, 1.165) is 4.47 Å². The summed E-state index contributed by atoms with van der Waals surface area (Å²) in [6, 6.07) is 10.5. The summed E-state index contributed by atoms with van der Waals surface area (Å²) in [4.78, 5) is 18.9. The first-order valence-electron chi connectivity index (χ1n) is 7.01. The third-order valence-corrected chi connectivity index (χ3v) is 4.12. The van der Waals surface area contributed by atoms with Crippen molar-refractivity contribution >= 4 is 61.1 Å². The third kappa shape index (κ3) is 4.00. The first kappa shape index (κ1) is 18.7. The van der Waals surface area contributed by atoms with Gasteiger partial charge in [0.05, 0.1) is 10.8 Å². The molecule has 0 unspecified atom stereocenters. The molecule has 26 heavy (non-hydrogen) atoms. The van der Waals surface area contributed by atoms with E-state index in [2.05, 4.69) is 25.9 Å². The number of fused-ring (bicyclic) bond motifs is 2. The Hall–Kier alpha value is -2.09. The van der Waals surface area contributed by atoms with Crippen LogP contribution in [0.4, 0.5) is 8.78 Å². The molecule has 3 heterocycles. The van der Waals surface area contributed by atoms with E-state index in [9.17, 15) is 13.6 Å². The van der Waals surface area contributed by atoms with Gasteiger partial charge in [-0.2, -0.15) is 8.78 Å². The largest absolute Gasteiger partial charge is 0.451 e. The molecule has 0 fully saturated rings. The van der Waals surface area contributed by atoms with Crippen molar-refractivity contribution in [1.82, 2.24) is 9.97 Å². The number of nitrogens with zero attached hydrogens (tertiary/aromatic N) is 2. The number of hydrogen-bond acceptors (Lipinski definition) is 4. The Kier molecular flexibility index (Phi) is 5.50. The maximum Gasteiger partial charge on any atom is 0.258 e. The zero-order chi connectivity index (χ0) is 18.8. The second-order valence-electron chi connectivity index (χ2n) is 4.97. The van der Waals surface area contributed by atoms with Gasteiger partial charge < -0.3 is 4.42 Å². The molecular weight excluding hydrogens is 453 g/mol. The van der Waals surface area contributed by atoms with Gasteiger partial charge in [0.15, 0.2) is 5.58 Å². The van der Waals surface area contributed by atoms with Crippen LogP contribution in [0.2, 0.25) is 10.3 Å². The normalized spacial score (nSPS) is 10.7. The van der Waals surface area contributed by atoms with Crippen molar-refractivity contribution in [2.75, 3.05) is 0 Å². The highest BCUT2D eigenvalue weighted by Crippen LogP contribution is 2.24. The van der Waals surface area contributed by atoms with Gasteiger partial charge in [0, 0.05) is 4.47 Å². The zero-order valence-corrected chi connectivity index (χ0v) is 15.7. The number of pyridine rings is 2. The van der Waals surface area contributed by atoms with Crippen LogP contribution in [0.3, 0.4) is 0 Å². The fourth-order valence-electron chi connectivity index (χ4n) is 2.15. The van der Waals surface area contributed by atoms with Crippen LogP contribution in [0.15, 0.2) is 56.1 Å². The molecule has 3 aromatic heterocycles. The van der Waals surface area contributed by atoms with Crippen LogP contribution < -0.4 is 5.43 Å². The molecule has 0 aliphatic rings. The second kappa shape index (κ2) is 7.65. The maximum absolute atomic E-state index is 13.6. The summed E-state index contributed by atoms with van der Waals surface area (Å²) in [6.07, 6.45) is 0. The molecule has 0 spiro atoms. The van der Waals surface area contributed by atoms with Crippen molar-refractivity contribution in [2.45, 2.75) is 0 Å². The highest BCUT2D eigenvalue weighted by atomic mass is 79.9. The predicted octanol–water partition coefficient (Wildman–Crippen LogP) is 5.77. The highest BCUT2D eigenvalue weighted by Gasteiger charge is 2.13. The summed E-state index contributed by atoms with van der Waals surface area (Å²) >= 11 is 14.2. The van der Waals surface area contributed by atoms with Gasteiger partial charge in [-0.1, -0.05) is 45.2 Å². The molecule has 0 radical (unpaired) electrons. The Morgan fingerprint density at radius 2 is 1.73 bits per heavy atom. The fourth-order valence-corrected chi connectivity index (χ4v) is 2.84. The van der Waals surface area contributed by atoms with Crippen LogP contribution in [-0.4, -0.2) is 9.97 Å². The molecule has 0 saturated carbocycles. The van der Waals surface area contributed by atoms with Crippen molar-refractivity contribution < 1.29 is 13.2 Å². The van der Waals surface area contributed by atoms with Gasteiger partial charge in [-0.05, 0) is 36.4 Å². The van der Waals surface area contributed by atoms with E-state index in [-0.39, 0.29) is 26.7 Å². The molecule has 4 nitrogen and oxygen atoms in total. The lowest BCUT2D eigenvalue weighted by atomic mass is 10.2. The highest BCUT2D eigenvalue weighted by molar-refractivity contribution is 9.10. The zero-order valence-electron chi connectivity index (χ0n) is 12.6. The lowest BCUT2D eigenvalue weighted by molar-refractivity contribution is 0.549. The van der Waals surface area contributed by atoms with Gasteiger partial charge in [-0.15, -0.1) is 0 Å². The van der Waals surface area contributed by atoms with E-state index in [1.54, 1.807) is 18.2 Å². The minimum Gasteiger partial charge on any atom is -0.451 e. The fraction of sp³-hybridized carbons (Fsp3) is 0. The van der Waals surface area contributed by atoms with Gasteiger partial charge in [0.25, 0.3) is 5.95 Å². The van der Waals surface area contributed by atoms with Gasteiger partial charge >= 0.3 is 0 Å². The van der Waals surface area contributed by atoms with E-state index in [4.69, 9.17) is 27.6 Å². The SMILES string of the molecule is Fc1cccc(Cl)n1.O=c1c2cc(Br)ccc2oc2c(F)nc(Cl)cc12. The Morgan fingerprint density at radius 3 is 2.38 bits per heavy atom. The third-order valence-electron chi connectivity index (χ3n) is 3.22. The Balaban J connectivity index is 0.000000206. The van der Waals surface area contributed by atoms with Crippen molar-refractivity contribution in [3.63, 3.8) is 0 Å². The van der Waals surface area contributed by atoms with Crippen LogP contribution in [0, 0.1) is 11.9 Å². The van der Waals surface area contributed by atoms with Gasteiger partial charge in [-0.25, -0.2) is 9.97 Å². The quantitative estimate of drug-likeness (QED) is 0.247. The summed E-state index contributed by atoms with van der Waals surface area (Å²) in [5, 5.41) is 0.545. The van der Waals surface area contributed by atoms with Crippen LogP contribution in [0.25, 0.3) is 21.9 Å². The molecule has 0 saturated heterocycles. The molecule has 0 amide bonds. The van der Waals surface area contributed by atoms with E-state index in [1.165, 1.54) is 24.3 Å². The molecule has 0 N–H and O–H groups in total. The van der Waals surface area contributed by atoms with Gasteiger partial charge in [-0.3, -0.25) is 4.79 Å². The summed E-state index contributed by atoms with van der Waals surface area (Å²) in [5.74, 6) is -1.43. The van der Waals surface area contributed by atoms with E-state index >= 15 is 0 Å². The Labute approximate surface area is 163 Å². The minimum atomic E-state index is -0.889. The number of halogens is 5. The van der Waals surface area contributed by atoms with Crippen LogP contribution in [0.5, 0.6) is 0 Å². The summed E-state index contributed by atoms with van der Waals surface area (Å²) < 4.78 is 31.7. The van der Waals surface area contributed by atoms with Gasteiger partial charge in [0.2, 0.25) is 11.4 Å². The van der Waals surface area contributed by atoms with E-state index in [1.807, 2.05) is 0 Å². The molecule has 1 aromatic carbocycles. The van der Waals surface area contributed by atoms with Gasteiger partial charge in [0.1, 0.15) is 15.9 Å². The number of aromatic nitrogens is 2. The summed E-state index contributed by atoms with van der Waals surface area (Å²) in [5.41, 5.74) is -0.214. The molecular formula is C17H7BrCl2F2N2O2. The molecule has 9 heteroatoms. The van der Waals surface area contributed by atoms with Crippen LogP contribution in [-0.2, 0) is 0 Å². The average Bonchev–Trinajstić information content (AvgIpc) is 2.57. The van der Waals surface area contributed by atoms with Crippen molar-refractivity contribution in [3.05, 3.63) is 79.4 Å². The lowest BCUT2D eigenvalue weighted by Gasteiger charge is -2.02. The summed E-state index contributed by atoms with van der Waals surface area (Å²) in [7, 11) is 0. The Bertz CT molecular complexity index is 1170. The summed E-state index contributed by atoms with van der Waals surface area (Å²) in [6.45, 7) is 0. The molecule has 4 aromatic rings. The van der Waals surface area contributed by atoms with Crippen molar-refractivity contribution in [1.29, 1.82) is 0 Å². The topological polar surface area (TPSA) is 56.0 Å². The number of benzene rings is 1. The first-order valence-corrected chi connectivity index (χ1v) is 8.56. The first-order chi connectivity index (χ1) is 12.3. The second-order valence-corrected chi connectivity index (χ2v) is 6.66. The van der Waals surface area contributed by atoms with Crippen LogP contribution >= 0.6 is 39.1 Å². The minimum absolute atomic E-state index is 0.0816. The standard InChI is InChI=1S/C12H4BrClFNO2.C5H3ClFN/c13-5-1-2-8-6(3-5)10(17)7-4-9(14)16-12(15)11(7)18-8;6-4-2-1-3-5(7)8-4/h1-4H;1-3H. The van der Waals surface area contributed by atoms with E-state index < -0.39 is 11.9 Å². The van der Waals surface area contributed by atoms with Crippen LogP contribution in [0.1, 0.15) is 0 Å². The smallest absolute Gasteiger partial charge is 0.258 e. The van der Waals surface area contributed by atoms with Crippen molar-refractivity contribution in [3.8, 4) is 0 Å². The maximum atomic E-state index is 13.6. The molecule has 0 aliphatic carbocycles. The molecule has 0 aliphatic heterocycles. The molecule has 0 atom stereocenters. The Morgan fingerprint density at radius 1 is 0.962 bits per heavy atom. The average molecular weight is 460 g/mol. The molecule has 4 rings (SSSR count). The van der Waals surface area contributed by atoms with E-state index in [0.29, 0.717) is 11.0 Å². The monoisotopic (exact) mass is 458 g/mol. The lowest BCUT2D eigenvalue weighted by Crippen LogP contribution is -2.04. The number of rotatable bonds is 0. The molecule has 132 valence electrons. The van der Waals surface area contributed by atoms with Crippen molar-refractivity contribution in [2.24, 2.45) is 0 Å². The predicted molar refractivity (Wildman–Crippen MR) is 99.7 cm³/mol. The number of hydrogen-bond donors (Lipinski definition) is 0.